The van der Waals surface area contributed by atoms with Gasteiger partial charge in [0.15, 0.2) is 0 Å². The van der Waals surface area contributed by atoms with E-state index in [2.05, 4.69) is 26.2 Å². The number of rotatable bonds is 4. The van der Waals surface area contributed by atoms with Crippen LogP contribution in [-0.2, 0) is 13.6 Å². The smallest absolute Gasteiger partial charge is 0.203 e. The van der Waals surface area contributed by atoms with Crippen molar-refractivity contribution in [1.29, 1.82) is 0 Å². The molecule has 3 rings (SSSR count). The highest BCUT2D eigenvalue weighted by atomic mass is 15.3. The first-order valence-electron chi connectivity index (χ1n) is 7.08. The lowest BCUT2D eigenvalue weighted by Gasteiger charge is -2.24. The standard InChI is InChI=1S/C14H21N5/c1-18-13(7-8-17-18)11-16-14-15-9-10-19(14)12-5-3-2-4-6-12/h7-10,12H,2-6,11H2,1H3,(H,15,16). The highest BCUT2D eigenvalue weighted by Gasteiger charge is 2.17. The van der Waals surface area contributed by atoms with Crippen molar-refractivity contribution in [3.05, 3.63) is 30.4 Å². The molecule has 2 heterocycles. The van der Waals surface area contributed by atoms with Gasteiger partial charge in [-0.2, -0.15) is 5.10 Å². The van der Waals surface area contributed by atoms with E-state index in [0.29, 0.717) is 6.04 Å². The number of aromatic nitrogens is 4. The largest absolute Gasteiger partial charge is 0.350 e. The van der Waals surface area contributed by atoms with Crippen LogP contribution in [0.5, 0.6) is 0 Å². The van der Waals surface area contributed by atoms with Crippen LogP contribution in [0.2, 0.25) is 0 Å². The summed E-state index contributed by atoms with van der Waals surface area (Å²) in [5.41, 5.74) is 1.16. The maximum Gasteiger partial charge on any atom is 0.203 e. The van der Waals surface area contributed by atoms with E-state index in [-0.39, 0.29) is 0 Å². The number of aryl methyl sites for hydroxylation is 1. The minimum absolute atomic E-state index is 0.616. The van der Waals surface area contributed by atoms with Crippen LogP contribution in [0.25, 0.3) is 0 Å². The molecule has 0 bridgehead atoms. The van der Waals surface area contributed by atoms with Gasteiger partial charge in [0.25, 0.3) is 0 Å². The van der Waals surface area contributed by atoms with E-state index in [9.17, 15) is 0 Å². The molecule has 0 amide bonds. The van der Waals surface area contributed by atoms with Crippen molar-refractivity contribution in [2.75, 3.05) is 5.32 Å². The van der Waals surface area contributed by atoms with Crippen molar-refractivity contribution in [2.45, 2.75) is 44.7 Å². The second-order valence-corrected chi connectivity index (χ2v) is 5.25. The fraction of sp³-hybridized carbons (Fsp3) is 0.571. The molecular weight excluding hydrogens is 238 g/mol. The number of nitrogens with one attached hydrogen (secondary N) is 1. The zero-order valence-electron chi connectivity index (χ0n) is 11.4. The van der Waals surface area contributed by atoms with Gasteiger partial charge in [0.1, 0.15) is 0 Å². The fourth-order valence-corrected chi connectivity index (χ4v) is 2.85. The van der Waals surface area contributed by atoms with Gasteiger partial charge in [-0.3, -0.25) is 4.68 Å². The number of anilines is 1. The maximum absolute atomic E-state index is 4.44. The Balaban J connectivity index is 1.68. The zero-order chi connectivity index (χ0) is 13.1. The quantitative estimate of drug-likeness (QED) is 0.918. The molecule has 1 fully saturated rings. The molecule has 0 aromatic carbocycles. The van der Waals surface area contributed by atoms with Gasteiger partial charge in [-0.25, -0.2) is 4.98 Å². The van der Waals surface area contributed by atoms with Crippen LogP contribution in [0.4, 0.5) is 5.95 Å². The molecule has 0 aliphatic heterocycles. The predicted molar refractivity (Wildman–Crippen MR) is 74.9 cm³/mol. The first-order chi connectivity index (χ1) is 9.34. The van der Waals surface area contributed by atoms with E-state index in [4.69, 9.17) is 0 Å². The number of hydrogen-bond acceptors (Lipinski definition) is 3. The SMILES string of the molecule is Cn1nccc1CNc1nccn1C1CCCCC1. The second-order valence-electron chi connectivity index (χ2n) is 5.25. The van der Waals surface area contributed by atoms with E-state index >= 15 is 0 Å². The number of nitrogens with zero attached hydrogens (tertiary/aromatic N) is 4. The summed E-state index contributed by atoms with van der Waals surface area (Å²) < 4.78 is 4.19. The Morgan fingerprint density at radius 1 is 1.26 bits per heavy atom. The summed E-state index contributed by atoms with van der Waals surface area (Å²) in [7, 11) is 1.96. The average Bonchev–Trinajstić information content (AvgIpc) is 3.06. The predicted octanol–water partition coefficient (Wildman–Crippen LogP) is 2.73. The van der Waals surface area contributed by atoms with Crippen LogP contribution in [0.1, 0.15) is 43.8 Å². The van der Waals surface area contributed by atoms with Gasteiger partial charge in [0.2, 0.25) is 5.95 Å². The maximum atomic E-state index is 4.44. The lowest BCUT2D eigenvalue weighted by atomic mass is 9.95. The molecule has 0 saturated heterocycles. The second kappa shape index (κ2) is 5.47. The third-order valence-electron chi connectivity index (χ3n) is 3.99. The van der Waals surface area contributed by atoms with Gasteiger partial charge in [0, 0.05) is 31.7 Å². The zero-order valence-corrected chi connectivity index (χ0v) is 11.4. The Morgan fingerprint density at radius 2 is 2.11 bits per heavy atom. The molecule has 19 heavy (non-hydrogen) atoms. The van der Waals surface area contributed by atoms with Crippen LogP contribution >= 0.6 is 0 Å². The van der Waals surface area contributed by atoms with Gasteiger partial charge in [0.05, 0.1) is 12.2 Å². The molecule has 0 unspecified atom stereocenters. The van der Waals surface area contributed by atoms with Crippen LogP contribution in [0, 0.1) is 0 Å². The van der Waals surface area contributed by atoms with Gasteiger partial charge in [-0.15, -0.1) is 0 Å². The summed E-state index contributed by atoms with van der Waals surface area (Å²) in [6, 6.07) is 2.64. The molecule has 5 nitrogen and oxygen atoms in total. The first-order valence-corrected chi connectivity index (χ1v) is 7.08. The minimum Gasteiger partial charge on any atom is -0.350 e. The third kappa shape index (κ3) is 2.64. The minimum atomic E-state index is 0.616. The normalized spacial score (nSPS) is 16.7. The lowest BCUT2D eigenvalue weighted by Crippen LogP contribution is -2.16. The van der Waals surface area contributed by atoms with Gasteiger partial charge in [-0.05, 0) is 18.9 Å². The van der Waals surface area contributed by atoms with Crippen molar-refractivity contribution in [3.63, 3.8) is 0 Å². The van der Waals surface area contributed by atoms with Crippen molar-refractivity contribution < 1.29 is 0 Å². The van der Waals surface area contributed by atoms with Crippen LogP contribution in [-0.4, -0.2) is 19.3 Å². The Labute approximate surface area is 113 Å². The Morgan fingerprint density at radius 3 is 2.84 bits per heavy atom. The molecule has 102 valence electrons. The molecule has 2 aromatic rings. The van der Waals surface area contributed by atoms with E-state index in [1.54, 1.807) is 0 Å². The molecule has 1 saturated carbocycles. The summed E-state index contributed by atoms with van der Waals surface area (Å²) in [5.74, 6) is 0.980. The van der Waals surface area contributed by atoms with E-state index in [0.717, 1.165) is 18.2 Å². The number of hydrogen-bond donors (Lipinski definition) is 1. The highest BCUT2D eigenvalue weighted by Crippen LogP contribution is 2.30. The van der Waals surface area contributed by atoms with Crippen molar-refractivity contribution >= 4 is 5.95 Å². The first kappa shape index (κ1) is 12.3. The van der Waals surface area contributed by atoms with Gasteiger partial charge < -0.3 is 9.88 Å². The number of imidazole rings is 1. The molecule has 1 aliphatic carbocycles. The van der Waals surface area contributed by atoms with Crippen molar-refractivity contribution in [3.8, 4) is 0 Å². The average molecular weight is 259 g/mol. The molecule has 0 atom stereocenters. The molecule has 0 spiro atoms. The molecule has 1 N–H and O–H groups in total. The molecular formula is C14H21N5. The summed E-state index contributed by atoms with van der Waals surface area (Å²) in [6.07, 6.45) is 12.4. The van der Waals surface area contributed by atoms with Gasteiger partial charge in [-0.1, -0.05) is 19.3 Å². The summed E-state index contributed by atoms with van der Waals surface area (Å²) in [4.78, 5) is 4.44. The molecule has 0 radical (unpaired) electrons. The highest BCUT2D eigenvalue weighted by molar-refractivity contribution is 5.28. The Hall–Kier alpha value is -1.78. The van der Waals surface area contributed by atoms with Crippen molar-refractivity contribution in [2.24, 2.45) is 7.05 Å². The van der Waals surface area contributed by atoms with Crippen LogP contribution < -0.4 is 5.32 Å². The third-order valence-corrected chi connectivity index (χ3v) is 3.99. The lowest BCUT2D eigenvalue weighted by molar-refractivity contribution is 0.356. The van der Waals surface area contributed by atoms with E-state index in [1.807, 2.05) is 30.2 Å². The van der Waals surface area contributed by atoms with Gasteiger partial charge >= 0.3 is 0 Å². The summed E-state index contributed by atoms with van der Waals surface area (Å²) in [6.45, 7) is 0.764. The van der Waals surface area contributed by atoms with Crippen molar-refractivity contribution in [1.82, 2.24) is 19.3 Å². The van der Waals surface area contributed by atoms with Crippen LogP contribution in [0.15, 0.2) is 24.7 Å². The molecule has 2 aromatic heterocycles. The Kier molecular flexibility index (Phi) is 3.53. The van der Waals surface area contributed by atoms with E-state index in [1.165, 1.54) is 32.1 Å². The molecule has 1 aliphatic rings. The fourth-order valence-electron chi connectivity index (χ4n) is 2.85. The topological polar surface area (TPSA) is 47.7 Å². The molecule has 5 heteroatoms. The summed E-state index contributed by atoms with van der Waals surface area (Å²) in [5, 5.41) is 7.60. The Bertz CT molecular complexity index is 521. The summed E-state index contributed by atoms with van der Waals surface area (Å²) >= 11 is 0. The van der Waals surface area contributed by atoms with Crippen LogP contribution in [0.3, 0.4) is 0 Å². The monoisotopic (exact) mass is 259 g/mol. The van der Waals surface area contributed by atoms with E-state index < -0.39 is 0 Å².